The summed E-state index contributed by atoms with van der Waals surface area (Å²) in [5.41, 5.74) is 1.46. The van der Waals surface area contributed by atoms with Gasteiger partial charge in [-0.3, -0.25) is 19.3 Å². The highest BCUT2D eigenvalue weighted by Gasteiger charge is 2.37. The molecule has 1 N–H and O–H groups in total. The molecule has 5 heterocycles. The summed E-state index contributed by atoms with van der Waals surface area (Å²) in [7, 11) is 0. The lowest BCUT2D eigenvalue weighted by atomic mass is 9.83. The molecule has 0 aromatic carbocycles. The molecular formula is C21H25N5O3. The molecule has 29 heavy (non-hydrogen) atoms. The number of fused-ring (bicyclic) bond motifs is 4. The molecule has 152 valence electrons. The van der Waals surface area contributed by atoms with Gasteiger partial charge in [-0.1, -0.05) is 6.07 Å². The van der Waals surface area contributed by atoms with Crippen molar-refractivity contribution < 1.29 is 4.79 Å². The summed E-state index contributed by atoms with van der Waals surface area (Å²) in [5.74, 6) is -0.00138. The van der Waals surface area contributed by atoms with Crippen LogP contribution in [0, 0.1) is 5.92 Å². The van der Waals surface area contributed by atoms with E-state index in [1.807, 2.05) is 10.6 Å². The Kier molecular flexibility index (Phi) is 4.58. The number of carbonyl (C=O) groups excluding carboxylic acids is 1. The van der Waals surface area contributed by atoms with Crippen molar-refractivity contribution in [2.75, 3.05) is 26.2 Å². The Hall–Kier alpha value is -2.74. The first-order valence-electron chi connectivity index (χ1n) is 10.4. The predicted molar refractivity (Wildman–Crippen MR) is 107 cm³/mol. The van der Waals surface area contributed by atoms with E-state index in [0.717, 1.165) is 37.3 Å². The van der Waals surface area contributed by atoms with Crippen molar-refractivity contribution in [1.29, 1.82) is 0 Å². The first kappa shape index (κ1) is 18.3. The lowest BCUT2D eigenvalue weighted by Crippen LogP contribution is -2.50. The Morgan fingerprint density at radius 2 is 1.97 bits per heavy atom. The van der Waals surface area contributed by atoms with Crippen LogP contribution < -0.4 is 11.1 Å². The van der Waals surface area contributed by atoms with E-state index in [0.29, 0.717) is 19.6 Å². The van der Waals surface area contributed by atoms with Crippen LogP contribution in [0.3, 0.4) is 0 Å². The Morgan fingerprint density at radius 1 is 1.14 bits per heavy atom. The van der Waals surface area contributed by atoms with E-state index in [2.05, 4.69) is 20.9 Å². The Morgan fingerprint density at radius 3 is 2.76 bits per heavy atom. The lowest BCUT2D eigenvalue weighted by Gasteiger charge is -2.42. The number of nitrogens with one attached hydrogen (secondary N) is 1. The van der Waals surface area contributed by atoms with Gasteiger partial charge in [0.2, 0.25) is 0 Å². The number of H-pyrrole nitrogens is 1. The Labute approximate surface area is 168 Å². The highest BCUT2D eigenvalue weighted by molar-refractivity contribution is 5.92. The fourth-order valence-corrected chi connectivity index (χ4v) is 5.11. The van der Waals surface area contributed by atoms with Crippen LogP contribution in [0.1, 0.15) is 46.9 Å². The number of likely N-dealkylation sites (tertiary alicyclic amines) is 2. The quantitative estimate of drug-likeness (QED) is 0.830. The molecule has 1 amide bonds. The lowest BCUT2D eigenvalue weighted by molar-refractivity contribution is 0.0586. The standard InChI is InChI=1S/C21H25N5O3/c27-19-18(22-5-6-23-19)21(29)25-10-14-9-16(13-25)17-4-3-15(20(28)26(17)11-14)12-24-7-1-2-8-24/h3-6,14,16H,1-2,7-13H2,(H,23,27)/t14-,16+/m0/s1. The third-order valence-corrected chi connectivity index (χ3v) is 6.47. The van der Waals surface area contributed by atoms with Crippen molar-refractivity contribution in [1.82, 2.24) is 24.3 Å². The number of hydrogen-bond donors (Lipinski definition) is 1. The number of amides is 1. The van der Waals surface area contributed by atoms with Gasteiger partial charge in [0.05, 0.1) is 0 Å². The van der Waals surface area contributed by atoms with Crippen molar-refractivity contribution in [3.8, 4) is 0 Å². The zero-order valence-electron chi connectivity index (χ0n) is 16.3. The largest absolute Gasteiger partial charge is 0.336 e. The zero-order valence-corrected chi connectivity index (χ0v) is 16.3. The van der Waals surface area contributed by atoms with Crippen LogP contribution in [0.25, 0.3) is 0 Å². The SMILES string of the molecule is O=C(c1ncc[nH]c1=O)N1C[C@@H]2C[C@H](C1)c1ccc(CN3CCCC3)c(=O)n1C2. The molecule has 0 spiro atoms. The van der Waals surface area contributed by atoms with Crippen molar-refractivity contribution in [3.05, 3.63) is 62.2 Å². The van der Waals surface area contributed by atoms with E-state index < -0.39 is 5.56 Å². The molecule has 0 aliphatic carbocycles. The van der Waals surface area contributed by atoms with Crippen LogP contribution in [0.4, 0.5) is 0 Å². The second-order valence-corrected chi connectivity index (χ2v) is 8.46. The number of piperidine rings is 1. The minimum atomic E-state index is -0.462. The number of carbonyl (C=O) groups is 1. The average Bonchev–Trinajstić information content (AvgIpc) is 3.23. The van der Waals surface area contributed by atoms with Gasteiger partial charge in [0, 0.05) is 55.7 Å². The zero-order chi connectivity index (χ0) is 20.0. The predicted octanol–water partition coefficient (Wildman–Crippen LogP) is 0.787. The van der Waals surface area contributed by atoms with E-state index in [1.54, 1.807) is 4.90 Å². The van der Waals surface area contributed by atoms with Crippen LogP contribution in [0.15, 0.2) is 34.1 Å². The van der Waals surface area contributed by atoms with Crippen LogP contribution in [-0.2, 0) is 13.1 Å². The molecule has 2 aromatic heterocycles. The van der Waals surface area contributed by atoms with Gasteiger partial charge in [0.1, 0.15) is 0 Å². The highest BCUT2D eigenvalue weighted by atomic mass is 16.2. The van der Waals surface area contributed by atoms with Crippen LogP contribution in [0.2, 0.25) is 0 Å². The third-order valence-electron chi connectivity index (χ3n) is 6.47. The van der Waals surface area contributed by atoms with Gasteiger partial charge in [0.25, 0.3) is 17.0 Å². The second-order valence-electron chi connectivity index (χ2n) is 8.46. The molecule has 5 rings (SSSR count). The average molecular weight is 395 g/mol. The highest BCUT2D eigenvalue weighted by Crippen LogP contribution is 2.35. The number of pyridine rings is 1. The van der Waals surface area contributed by atoms with Crippen molar-refractivity contribution in [2.45, 2.75) is 38.3 Å². The van der Waals surface area contributed by atoms with Crippen molar-refractivity contribution in [3.63, 3.8) is 0 Å². The van der Waals surface area contributed by atoms with E-state index in [-0.39, 0.29) is 29.0 Å². The van der Waals surface area contributed by atoms with Crippen molar-refractivity contribution in [2.24, 2.45) is 5.92 Å². The summed E-state index contributed by atoms with van der Waals surface area (Å²) in [6, 6.07) is 4.03. The van der Waals surface area contributed by atoms with Gasteiger partial charge >= 0.3 is 0 Å². The third kappa shape index (κ3) is 3.31. The van der Waals surface area contributed by atoms with E-state index >= 15 is 0 Å². The van der Waals surface area contributed by atoms with E-state index in [4.69, 9.17) is 0 Å². The molecule has 2 bridgehead atoms. The van der Waals surface area contributed by atoms with Gasteiger partial charge in [-0.2, -0.15) is 0 Å². The maximum Gasteiger partial charge on any atom is 0.279 e. The Bertz CT molecular complexity index is 1050. The molecule has 3 aliphatic heterocycles. The van der Waals surface area contributed by atoms with E-state index in [9.17, 15) is 14.4 Å². The Balaban J connectivity index is 1.40. The first-order chi connectivity index (χ1) is 14.1. The number of hydrogen-bond acceptors (Lipinski definition) is 5. The van der Waals surface area contributed by atoms with Crippen LogP contribution in [-0.4, -0.2) is 56.4 Å². The minimum absolute atomic E-state index is 0.0641. The molecule has 8 nitrogen and oxygen atoms in total. The molecule has 2 saturated heterocycles. The second kappa shape index (κ2) is 7.26. The number of rotatable bonds is 3. The number of nitrogens with zero attached hydrogens (tertiary/aromatic N) is 4. The van der Waals surface area contributed by atoms with Crippen molar-refractivity contribution >= 4 is 5.91 Å². The maximum atomic E-state index is 13.1. The molecular weight excluding hydrogens is 370 g/mol. The normalized spacial score (nSPS) is 23.8. The van der Waals surface area contributed by atoms with Gasteiger partial charge in [-0.05, 0) is 44.3 Å². The topological polar surface area (TPSA) is 91.3 Å². The molecule has 8 heteroatoms. The molecule has 3 aliphatic rings. The molecule has 2 atom stereocenters. The van der Waals surface area contributed by atoms with Gasteiger partial charge in [0.15, 0.2) is 5.69 Å². The molecule has 0 saturated carbocycles. The summed E-state index contributed by atoms with van der Waals surface area (Å²) in [5, 5.41) is 0. The van der Waals surface area contributed by atoms with Crippen LogP contribution in [0.5, 0.6) is 0 Å². The van der Waals surface area contributed by atoms with Crippen LogP contribution >= 0.6 is 0 Å². The smallest absolute Gasteiger partial charge is 0.279 e. The monoisotopic (exact) mass is 395 g/mol. The molecule has 0 unspecified atom stereocenters. The summed E-state index contributed by atoms with van der Waals surface area (Å²) in [6.07, 6.45) is 6.23. The summed E-state index contributed by atoms with van der Waals surface area (Å²) < 4.78 is 1.93. The number of aromatic amines is 1. The molecule has 0 radical (unpaired) electrons. The number of aromatic nitrogens is 3. The van der Waals surface area contributed by atoms with E-state index in [1.165, 1.54) is 25.2 Å². The van der Waals surface area contributed by atoms with Gasteiger partial charge < -0.3 is 14.5 Å². The van der Waals surface area contributed by atoms with Gasteiger partial charge in [-0.15, -0.1) is 0 Å². The first-order valence-corrected chi connectivity index (χ1v) is 10.4. The fourth-order valence-electron chi connectivity index (χ4n) is 5.11. The summed E-state index contributed by atoms with van der Waals surface area (Å²) in [4.78, 5) is 48.5. The summed E-state index contributed by atoms with van der Waals surface area (Å²) >= 11 is 0. The summed E-state index contributed by atoms with van der Waals surface area (Å²) in [6.45, 7) is 4.54. The minimum Gasteiger partial charge on any atom is -0.336 e. The fraction of sp³-hybridized carbons (Fsp3) is 0.524. The van der Waals surface area contributed by atoms with Gasteiger partial charge in [-0.25, -0.2) is 4.98 Å². The molecule has 2 fully saturated rings. The maximum absolute atomic E-state index is 13.1. The molecule has 2 aromatic rings.